The predicted octanol–water partition coefficient (Wildman–Crippen LogP) is -1.45. The van der Waals surface area contributed by atoms with Crippen LogP contribution in [0, 0.1) is 0 Å². The van der Waals surface area contributed by atoms with Crippen molar-refractivity contribution >= 4 is 11.0 Å². The first kappa shape index (κ1) is 28.2. The highest BCUT2D eigenvalue weighted by molar-refractivity contribution is 5.88. The van der Waals surface area contributed by atoms with E-state index in [-0.39, 0.29) is 22.5 Å². The zero-order chi connectivity index (χ0) is 28.9. The fourth-order valence-electron chi connectivity index (χ4n) is 4.88. The third kappa shape index (κ3) is 4.89. The molecule has 14 nitrogen and oxygen atoms in total. The Balaban J connectivity index is 1.58. The Morgan fingerprint density at radius 3 is 2.27 bits per heavy atom. The van der Waals surface area contributed by atoms with Crippen LogP contribution in [0.3, 0.4) is 0 Å². The van der Waals surface area contributed by atoms with Crippen LogP contribution in [-0.2, 0) is 14.2 Å². The highest BCUT2D eigenvalue weighted by Crippen LogP contribution is 2.46. The van der Waals surface area contributed by atoms with E-state index in [1.165, 1.54) is 24.3 Å². The summed E-state index contributed by atoms with van der Waals surface area (Å²) in [6.45, 7) is -1.24. The van der Waals surface area contributed by atoms with E-state index in [1.54, 1.807) is 0 Å². The molecule has 9 atom stereocenters. The molecule has 0 radical (unpaired) electrons. The molecule has 0 amide bonds. The zero-order valence-corrected chi connectivity index (χ0v) is 20.6. The molecule has 9 N–H and O–H groups in total. The van der Waals surface area contributed by atoms with Crippen molar-refractivity contribution in [2.75, 3.05) is 13.2 Å². The van der Waals surface area contributed by atoms with Gasteiger partial charge in [-0.25, -0.2) is 0 Å². The van der Waals surface area contributed by atoms with E-state index in [2.05, 4.69) is 0 Å². The number of phenols is 3. The van der Waals surface area contributed by atoms with Crippen molar-refractivity contribution in [2.45, 2.75) is 55.1 Å². The van der Waals surface area contributed by atoms with Gasteiger partial charge in [0.1, 0.15) is 82.8 Å². The van der Waals surface area contributed by atoms with Gasteiger partial charge in [0.15, 0.2) is 11.7 Å². The molecule has 2 saturated heterocycles. The number of aliphatic hydroxyl groups excluding tert-OH is 6. The minimum Gasteiger partial charge on any atom is -0.508 e. The summed E-state index contributed by atoms with van der Waals surface area (Å²) >= 11 is 0. The molecular weight excluding hydrogens is 536 g/mol. The number of fused-ring (bicyclic) bond motifs is 1. The third-order valence-electron chi connectivity index (χ3n) is 7.06. The second kappa shape index (κ2) is 10.9. The summed E-state index contributed by atoms with van der Waals surface area (Å²) in [5.74, 6) is -1.42. The Bertz CT molecular complexity index is 1420. The molecule has 2 aliphatic heterocycles. The molecule has 40 heavy (non-hydrogen) atoms. The van der Waals surface area contributed by atoms with Crippen LogP contribution in [-0.4, -0.2) is 108 Å². The van der Waals surface area contributed by atoms with Gasteiger partial charge in [-0.3, -0.25) is 4.79 Å². The average Bonchev–Trinajstić information content (AvgIpc) is 2.92. The highest BCUT2D eigenvalue weighted by Gasteiger charge is 2.50. The molecular formula is C26H28O14. The first-order chi connectivity index (χ1) is 19.0. The number of aliphatic hydroxyl groups is 6. The van der Waals surface area contributed by atoms with Gasteiger partial charge >= 0.3 is 0 Å². The molecule has 0 bridgehead atoms. The third-order valence-corrected chi connectivity index (χ3v) is 7.06. The Morgan fingerprint density at radius 1 is 0.900 bits per heavy atom. The van der Waals surface area contributed by atoms with Crippen molar-refractivity contribution in [2.24, 2.45) is 0 Å². The summed E-state index contributed by atoms with van der Waals surface area (Å²) in [6.07, 6.45) is -14.9. The lowest BCUT2D eigenvalue weighted by molar-refractivity contribution is -0.325. The van der Waals surface area contributed by atoms with Crippen molar-refractivity contribution < 1.29 is 64.6 Å². The fourth-order valence-corrected chi connectivity index (χ4v) is 4.88. The van der Waals surface area contributed by atoms with Gasteiger partial charge in [0, 0.05) is 17.7 Å². The largest absolute Gasteiger partial charge is 0.508 e. The minimum atomic E-state index is -1.85. The van der Waals surface area contributed by atoms with E-state index < -0.39 is 90.8 Å². The van der Waals surface area contributed by atoms with E-state index in [1.807, 2.05) is 0 Å². The lowest BCUT2D eigenvalue weighted by Crippen LogP contribution is -2.60. The van der Waals surface area contributed by atoms with Gasteiger partial charge in [-0.05, 0) is 24.3 Å². The van der Waals surface area contributed by atoms with Crippen LogP contribution in [0.5, 0.6) is 17.2 Å². The van der Waals surface area contributed by atoms with Gasteiger partial charge in [0.25, 0.3) is 0 Å². The molecule has 0 saturated carbocycles. The standard InChI is InChI=1S/C26H28O14/c27-7-16-20(33)22(35)25(40-26-23(36)19(32)13(31)8-37-26)24(39-16)18-12(30)6-15-17(21(18)34)11(29)5-14(38-15)9-1-3-10(28)4-2-9/h1-6,13,16,19-20,22-28,30-36H,7-8H2/t13-,16-,19+,20-,22+,23-,24+,25-,26+/m1/s1. The van der Waals surface area contributed by atoms with Gasteiger partial charge in [0.2, 0.25) is 0 Å². The van der Waals surface area contributed by atoms with Crippen LogP contribution in [0.4, 0.5) is 0 Å². The monoisotopic (exact) mass is 564 g/mol. The summed E-state index contributed by atoms with van der Waals surface area (Å²) in [4.78, 5) is 13.1. The van der Waals surface area contributed by atoms with E-state index >= 15 is 0 Å². The summed E-state index contributed by atoms with van der Waals surface area (Å²) < 4.78 is 22.3. The molecule has 3 heterocycles. The number of rotatable bonds is 5. The number of ether oxygens (including phenoxy) is 3. The predicted molar refractivity (Wildman–Crippen MR) is 132 cm³/mol. The Hall–Kier alpha value is -3.31. The van der Waals surface area contributed by atoms with Crippen LogP contribution < -0.4 is 5.43 Å². The Kier molecular flexibility index (Phi) is 7.71. The van der Waals surface area contributed by atoms with Gasteiger partial charge in [-0.1, -0.05) is 0 Å². The molecule has 216 valence electrons. The maximum Gasteiger partial charge on any atom is 0.197 e. The lowest BCUT2D eigenvalue weighted by atomic mass is 9.89. The second-order valence-electron chi connectivity index (χ2n) is 9.66. The number of hydrogen-bond acceptors (Lipinski definition) is 14. The molecule has 3 aromatic rings. The van der Waals surface area contributed by atoms with Crippen LogP contribution in [0.2, 0.25) is 0 Å². The fraction of sp³-hybridized carbons (Fsp3) is 0.423. The average molecular weight is 564 g/mol. The molecule has 2 aliphatic rings. The maximum atomic E-state index is 13.1. The van der Waals surface area contributed by atoms with Crippen molar-refractivity contribution in [3.05, 3.63) is 52.2 Å². The van der Waals surface area contributed by atoms with Crippen molar-refractivity contribution in [3.63, 3.8) is 0 Å². The van der Waals surface area contributed by atoms with E-state index in [9.17, 15) is 50.8 Å². The number of hydrogen-bond donors (Lipinski definition) is 9. The normalized spacial score (nSPS) is 32.8. The summed E-state index contributed by atoms with van der Waals surface area (Å²) in [5, 5.41) is 92.3. The van der Waals surface area contributed by atoms with E-state index in [0.29, 0.717) is 5.56 Å². The van der Waals surface area contributed by atoms with Crippen molar-refractivity contribution in [1.29, 1.82) is 0 Å². The van der Waals surface area contributed by atoms with Gasteiger partial charge in [0.05, 0.1) is 18.8 Å². The van der Waals surface area contributed by atoms with Crippen LogP contribution in [0.1, 0.15) is 11.7 Å². The Morgan fingerprint density at radius 2 is 1.60 bits per heavy atom. The summed E-state index contributed by atoms with van der Waals surface area (Å²) in [5.41, 5.74) is -0.980. The maximum absolute atomic E-state index is 13.1. The molecule has 5 rings (SSSR count). The number of benzene rings is 2. The molecule has 2 aromatic carbocycles. The summed E-state index contributed by atoms with van der Waals surface area (Å²) in [7, 11) is 0. The summed E-state index contributed by atoms with van der Waals surface area (Å²) in [6, 6.07) is 7.84. The lowest BCUT2D eigenvalue weighted by Gasteiger charge is -2.45. The second-order valence-corrected chi connectivity index (χ2v) is 9.66. The van der Waals surface area contributed by atoms with Crippen LogP contribution in [0.25, 0.3) is 22.3 Å². The van der Waals surface area contributed by atoms with Crippen LogP contribution in [0.15, 0.2) is 45.6 Å². The number of phenolic OH excluding ortho intramolecular Hbond substituents is 3. The van der Waals surface area contributed by atoms with E-state index in [0.717, 1.165) is 12.1 Å². The van der Waals surface area contributed by atoms with Crippen molar-refractivity contribution in [3.8, 4) is 28.6 Å². The molecule has 0 spiro atoms. The first-order valence-electron chi connectivity index (χ1n) is 12.3. The molecule has 1 aromatic heterocycles. The minimum absolute atomic E-state index is 0.0126. The van der Waals surface area contributed by atoms with Gasteiger partial charge in [-0.2, -0.15) is 0 Å². The van der Waals surface area contributed by atoms with Crippen LogP contribution >= 0.6 is 0 Å². The quantitative estimate of drug-likeness (QED) is 0.172. The van der Waals surface area contributed by atoms with Gasteiger partial charge in [-0.15, -0.1) is 0 Å². The molecule has 2 fully saturated rings. The topological polar surface area (TPSA) is 240 Å². The molecule has 0 aliphatic carbocycles. The van der Waals surface area contributed by atoms with Crippen molar-refractivity contribution in [1.82, 2.24) is 0 Å². The van der Waals surface area contributed by atoms with Gasteiger partial charge < -0.3 is 64.6 Å². The SMILES string of the molecule is O=c1cc(-c2ccc(O)cc2)oc2cc(O)c([C@@H]3O[C@H](CO)[C@@H](O)[C@H](O)[C@H]3O[C@@H]3OC[C@@H](O)[C@H](O)[C@H]3O)c(O)c12. The molecule has 0 unspecified atom stereocenters. The zero-order valence-electron chi connectivity index (χ0n) is 20.6. The number of aromatic hydroxyl groups is 3. The smallest absolute Gasteiger partial charge is 0.197 e. The first-order valence-corrected chi connectivity index (χ1v) is 12.3. The Labute approximate surface area is 225 Å². The van der Waals surface area contributed by atoms with E-state index in [4.69, 9.17) is 18.6 Å². The molecule has 14 heteroatoms. The highest BCUT2D eigenvalue weighted by atomic mass is 16.7.